The molecule has 23 heavy (non-hydrogen) atoms. The minimum absolute atomic E-state index is 0.176. The second-order valence-electron chi connectivity index (χ2n) is 5.76. The molecule has 7 nitrogen and oxygen atoms in total. The molecule has 1 N–H and O–H groups in total. The van der Waals surface area contributed by atoms with Gasteiger partial charge in [0.05, 0.1) is 11.3 Å². The van der Waals surface area contributed by atoms with Gasteiger partial charge in [-0.25, -0.2) is 9.97 Å². The van der Waals surface area contributed by atoms with Crippen LogP contribution in [0.2, 0.25) is 0 Å². The topological polar surface area (TPSA) is 86.6 Å². The van der Waals surface area contributed by atoms with E-state index in [-0.39, 0.29) is 12.5 Å². The van der Waals surface area contributed by atoms with E-state index in [2.05, 4.69) is 9.97 Å². The zero-order valence-corrected chi connectivity index (χ0v) is 13.1. The van der Waals surface area contributed by atoms with Gasteiger partial charge in [0.25, 0.3) is 5.91 Å². The van der Waals surface area contributed by atoms with Crippen molar-refractivity contribution in [2.45, 2.75) is 13.0 Å². The van der Waals surface area contributed by atoms with E-state index in [0.717, 1.165) is 5.39 Å². The minimum Gasteiger partial charge on any atom is -0.480 e. The Morgan fingerprint density at radius 2 is 2.13 bits per heavy atom. The van der Waals surface area contributed by atoms with Crippen molar-refractivity contribution in [2.24, 2.45) is 0 Å². The number of hydrogen-bond donors (Lipinski definition) is 1. The summed E-state index contributed by atoms with van der Waals surface area (Å²) in [5.41, 5.74) is 1.70. The molecule has 3 heterocycles. The van der Waals surface area contributed by atoms with Gasteiger partial charge in [0.2, 0.25) is 0 Å². The molecule has 0 aliphatic carbocycles. The molecule has 0 aromatic carbocycles. The van der Waals surface area contributed by atoms with Gasteiger partial charge in [0.1, 0.15) is 6.04 Å². The molecule has 1 aliphatic heterocycles. The predicted molar refractivity (Wildman–Crippen MR) is 84.2 cm³/mol. The number of aromatic nitrogens is 2. The molecule has 0 spiro atoms. The molecule has 1 fully saturated rings. The third-order valence-corrected chi connectivity index (χ3v) is 4.23. The number of amides is 1. The van der Waals surface area contributed by atoms with Crippen LogP contribution in [-0.4, -0.2) is 69.5 Å². The van der Waals surface area contributed by atoms with E-state index < -0.39 is 12.0 Å². The highest BCUT2D eigenvalue weighted by Gasteiger charge is 2.33. The summed E-state index contributed by atoms with van der Waals surface area (Å²) in [7, 11) is 1.76. The van der Waals surface area contributed by atoms with Gasteiger partial charge in [-0.2, -0.15) is 0 Å². The average Bonchev–Trinajstić information content (AvgIpc) is 2.53. The second-order valence-corrected chi connectivity index (χ2v) is 5.76. The maximum absolute atomic E-state index is 12.8. The number of aliphatic carboxylic acids is 1. The number of carboxylic acid groups (broad SMARTS) is 1. The van der Waals surface area contributed by atoms with Crippen molar-refractivity contribution in [2.75, 3.05) is 26.7 Å². The van der Waals surface area contributed by atoms with Gasteiger partial charge >= 0.3 is 5.97 Å². The summed E-state index contributed by atoms with van der Waals surface area (Å²) in [6, 6.07) is 4.75. The van der Waals surface area contributed by atoms with E-state index in [4.69, 9.17) is 0 Å². The van der Waals surface area contributed by atoms with Crippen LogP contribution in [0.5, 0.6) is 0 Å². The summed E-state index contributed by atoms with van der Waals surface area (Å²) in [5, 5.41) is 10.1. The number of rotatable bonds is 2. The Morgan fingerprint density at radius 1 is 1.35 bits per heavy atom. The lowest BCUT2D eigenvalue weighted by atomic mass is 10.1. The van der Waals surface area contributed by atoms with E-state index in [9.17, 15) is 14.7 Å². The summed E-state index contributed by atoms with van der Waals surface area (Å²) in [5.74, 6) is -1.09. The largest absolute Gasteiger partial charge is 0.480 e. The zero-order chi connectivity index (χ0) is 16.6. The van der Waals surface area contributed by atoms with Crippen LogP contribution < -0.4 is 0 Å². The fourth-order valence-electron chi connectivity index (χ4n) is 2.81. The molecular formula is C16H18N4O3. The van der Waals surface area contributed by atoms with Gasteiger partial charge in [-0.3, -0.25) is 14.5 Å². The number of carbonyl (C=O) groups is 2. The molecule has 0 bridgehead atoms. The number of carboxylic acids is 1. The van der Waals surface area contributed by atoms with Crippen LogP contribution in [0.15, 0.2) is 24.4 Å². The molecule has 1 amide bonds. The molecule has 7 heteroatoms. The van der Waals surface area contributed by atoms with Gasteiger partial charge < -0.3 is 10.0 Å². The van der Waals surface area contributed by atoms with E-state index >= 15 is 0 Å². The number of nitrogens with zero attached hydrogens (tertiary/aromatic N) is 4. The van der Waals surface area contributed by atoms with Crippen LogP contribution in [0.4, 0.5) is 0 Å². The van der Waals surface area contributed by atoms with E-state index in [1.807, 2.05) is 6.07 Å². The van der Waals surface area contributed by atoms with Crippen molar-refractivity contribution in [1.29, 1.82) is 0 Å². The van der Waals surface area contributed by atoms with Crippen LogP contribution in [0.1, 0.15) is 16.1 Å². The van der Waals surface area contributed by atoms with Crippen molar-refractivity contribution in [3.63, 3.8) is 0 Å². The highest BCUT2D eigenvalue weighted by molar-refractivity contribution is 5.98. The summed E-state index contributed by atoms with van der Waals surface area (Å²) >= 11 is 0. The number of piperazine rings is 1. The van der Waals surface area contributed by atoms with Crippen LogP contribution in [0.3, 0.4) is 0 Å². The van der Waals surface area contributed by atoms with Gasteiger partial charge in [0.15, 0.2) is 5.65 Å². The Kier molecular flexibility index (Phi) is 3.96. The SMILES string of the molecule is Cc1nc2ncccc2cc1C(=O)N1CCN(C)[C@H](C(=O)O)C1. The average molecular weight is 314 g/mol. The Hall–Kier alpha value is -2.54. The van der Waals surface area contributed by atoms with E-state index in [1.54, 1.807) is 42.1 Å². The van der Waals surface area contributed by atoms with Crippen LogP contribution in [-0.2, 0) is 4.79 Å². The monoisotopic (exact) mass is 314 g/mol. The fraction of sp³-hybridized carbons (Fsp3) is 0.375. The lowest BCUT2D eigenvalue weighted by Gasteiger charge is -2.37. The van der Waals surface area contributed by atoms with Crippen molar-refractivity contribution >= 4 is 22.9 Å². The van der Waals surface area contributed by atoms with Crippen molar-refractivity contribution in [1.82, 2.24) is 19.8 Å². The lowest BCUT2D eigenvalue weighted by Crippen LogP contribution is -2.56. The Labute approximate surface area is 133 Å². The van der Waals surface area contributed by atoms with E-state index in [1.165, 1.54) is 0 Å². The number of pyridine rings is 2. The Morgan fingerprint density at radius 3 is 2.87 bits per heavy atom. The van der Waals surface area contributed by atoms with Gasteiger partial charge in [-0.15, -0.1) is 0 Å². The number of fused-ring (bicyclic) bond motifs is 1. The molecule has 0 unspecified atom stereocenters. The first kappa shape index (κ1) is 15.4. The third kappa shape index (κ3) is 2.87. The molecule has 1 atom stereocenters. The maximum Gasteiger partial charge on any atom is 0.322 e. The standard InChI is InChI=1S/C16H18N4O3/c1-10-12(8-11-4-3-5-17-14(11)18-10)15(21)20-7-6-19(2)13(9-20)16(22)23/h3-5,8,13H,6-7,9H2,1-2H3,(H,22,23)/t13-/m0/s1. The minimum atomic E-state index is -0.914. The number of hydrogen-bond acceptors (Lipinski definition) is 5. The Balaban J connectivity index is 1.91. The number of carbonyl (C=O) groups excluding carboxylic acids is 1. The van der Waals surface area contributed by atoms with Crippen molar-refractivity contribution < 1.29 is 14.7 Å². The molecule has 120 valence electrons. The summed E-state index contributed by atoms with van der Waals surface area (Å²) < 4.78 is 0. The van der Waals surface area contributed by atoms with Crippen LogP contribution in [0.25, 0.3) is 11.0 Å². The zero-order valence-electron chi connectivity index (χ0n) is 13.1. The predicted octanol–water partition coefficient (Wildman–Crippen LogP) is 0.779. The second kappa shape index (κ2) is 5.92. The van der Waals surface area contributed by atoms with Crippen molar-refractivity contribution in [3.05, 3.63) is 35.7 Å². The molecule has 3 rings (SSSR count). The van der Waals surface area contributed by atoms with Gasteiger partial charge in [0, 0.05) is 31.2 Å². The van der Waals surface area contributed by atoms with Gasteiger partial charge in [-0.05, 0) is 32.2 Å². The lowest BCUT2D eigenvalue weighted by molar-refractivity contribution is -0.144. The molecule has 1 saturated heterocycles. The molecule has 2 aromatic rings. The first-order chi connectivity index (χ1) is 11.0. The number of likely N-dealkylation sites (N-methyl/N-ethyl adjacent to an activating group) is 1. The molecule has 0 saturated carbocycles. The Bertz CT molecular complexity index is 777. The van der Waals surface area contributed by atoms with E-state index in [0.29, 0.717) is 30.0 Å². The highest BCUT2D eigenvalue weighted by atomic mass is 16.4. The summed E-state index contributed by atoms with van der Waals surface area (Å²) in [6.45, 7) is 2.98. The quantitative estimate of drug-likeness (QED) is 0.881. The molecule has 1 aliphatic rings. The first-order valence-corrected chi connectivity index (χ1v) is 7.42. The third-order valence-electron chi connectivity index (χ3n) is 4.23. The van der Waals surface area contributed by atoms with Crippen LogP contribution >= 0.6 is 0 Å². The van der Waals surface area contributed by atoms with Crippen LogP contribution in [0, 0.1) is 6.92 Å². The van der Waals surface area contributed by atoms with Crippen molar-refractivity contribution in [3.8, 4) is 0 Å². The molecular weight excluding hydrogens is 296 g/mol. The smallest absolute Gasteiger partial charge is 0.322 e. The molecule has 0 radical (unpaired) electrons. The summed E-state index contributed by atoms with van der Waals surface area (Å²) in [4.78, 5) is 36.0. The highest BCUT2D eigenvalue weighted by Crippen LogP contribution is 2.18. The van der Waals surface area contributed by atoms with Gasteiger partial charge in [-0.1, -0.05) is 0 Å². The first-order valence-electron chi connectivity index (χ1n) is 7.42. The normalized spacial score (nSPS) is 19.0. The molecule has 2 aromatic heterocycles. The summed E-state index contributed by atoms with van der Waals surface area (Å²) in [6.07, 6.45) is 1.66. The fourth-order valence-corrected chi connectivity index (χ4v) is 2.81. The number of aryl methyl sites for hydroxylation is 1. The maximum atomic E-state index is 12.8.